The van der Waals surface area contributed by atoms with E-state index in [4.69, 9.17) is 18.9 Å². The Morgan fingerprint density at radius 1 is 0.825 bits per heavy atom. The Balaban J connectivity index is 1.50. The van der Waals surface area contributed by atoms with E-state index in [1.165, 1.54) is 4.90 Å². The second kappa shape index (κ2) is 12.3. The first kappa shape index (κ1) is 26.6. The molecule has 204 valence electrons. The fraction of sp³-hybridized carbons (Fsp3) is 0.188. The third-order valence-corrected chi connectivity index (χ3v) is 6.62. The molecule has 0 bridgehead atoms. The van der Waals surface area contributed by atoms with E-state index in [0.717, 1.165) is 11.3 Å². The van der Waals surface area contributed by atoms with Crippen molar-refractivity contribution in [3.8, 4) is 23.0 Å². The van der Waals surface area contributed by atoms with Crippen molar-refractivity contribution in [2.75, 3.05) is 25.7 Å². The zero-order chi connectivity index (χ0) is 27.9. The molecule has 4 aromatic carbocycles. The van der Waals surface area contributed by atoms with Gasteiger partial charge in [0.25, 0.3) is 5.91 Å². The van der Waals surface area contributed by atoms with Gasteiger partial charge in [0.2, 0.25) is 12.0 Å². The topological polar surface area (TPSA) is 86.3 Å². The van der Waals surface area contributed by atoms with Crippen LogP contribution < -0.4 is 29.2 Å². The lowest BCUT2D eigenvalue weighted by molar-refractivity contribution is -0.131. The van der Waals surface area contributed by atoms with Gasteiger partial charge < -0.3 is 24.3 Å². The van der Waals surface area contributed by atoms with Crippen LogP contribution in [0.3, 0.4) is 0 Å². The van der Waals surface area contributed by atoms with E-state index in [1.54, 1.807) is 62.8 Å². The van der Waals surface area contributed by atoms with Crippen LogP contribution in [0.15, 0.2) is 103 Å². The van der Waals surface area contributed by atoms with Gasteiger partial charge in [-0.25, -0.2) is 0 Å². The number of ether oxygens (including phenoxy) is 4. The standard InChI is InChI=1S/C32H30N2O6/c1-37-25-16-12-22(13-17-25)20-33-31(35)30(23-14-18-26(38-2)19-15-23)34(24-8-4-3-5-9-24)32(36)29-21-39-27-10-6-7-11-28(27)40-29/h3-19,29-30H,20-21H2,1-2H3,(H,33,35)/t29-,30-/m1/s1. The smallest absolute Gasteiger partial charge is 0.272 e. The van der Waals surface area contributed by atoms with Crippen LogP contribution in [0.4, 0.5) is 5.69 Å². The van der Waals surface area contributed by atoms with E-state index in [1.807, 2.05) is 54.6 Å². The number of methoxy groups -OCH3 is 2. The maximum absolute atomic E-state index is 14.2. The maximum atomic E-state index is 14.2. The molecular weight excluding hydrogens is 508 g/mol. The average molecular weight is 539 g/mol. The van der Waals surface area contributed by atoms with Crippen molar-refractivity contribution in [3.05, 3.63) is 114 Å². The first-order chi connectivity index (χ1) is 19.6. The number of hydrogen-bond donors (Lipinski definition) is 1. The summed E-state index contributed by atoms with van der Waals surface area (Å²) in [6.45, 7) is 0.282. The highest BCUT2D eigenvalue weighted by Gasteiger charge is 2.39. The Kier molecular flexibility index (Phi) is 8.15. The van der Waals surface area contributed by atoms with Gasteiger partial charge in [-0.15, -0.1) is 0 Å². The lowest BCUT2D eigenvalue weighted by Gasteiger charge is -2.35. The van der Waals surface area contributed by atoms with Gasteiger partial charge in [-0.1, -0.05) is 54.6 Å². The average Bonchev–Trinajstić information content (AvgIpc) is 3.02. The summed E-state index contributed by atoms with van der Waals surface area (Å²) in [6.07, 6.45) is -0.953. The van der Waals surface area contributed by atoms with Crippen LogP contribution in [0.5, 0.6) is 23.0 Å². The third kappa shape index (κ3) is 5.86. The first-order valence-electron chi connectivity index (χ1n) is 12.9. The zero-order valence-electron chi connectivity index (χ0n) is 22.3. The summed E-state index contributed by atoms with van der Waals surface area (Å²) >= 11 is 0. The Morgan fingerprint density at radius 3 is 2.08 bits per heavy atom. The van der Waals surface area contributed by atoms with E-state index in [9.17, 15) is 9.59 Å². The van der Waals surface area contributed by atoms with E-state index < -0.39 is 18.1 Å². The molecule has 0 saturated heterocycles. The van der Waals surface area contributed by atoms with Crippen molar-refractivity contribution in [2.45, 2.75) is 18.7 Å². The molecule has 8 nitrogen and oxygen atoms in total. The van der Waals surface area contributed by atoms with Gasteiger partial charge in [-0.2, -0.15) is 0 Å². The van der Waals surface area contributed by atoms with Gasteiger partial charge in [0.15, 0.2) is 11.5 Å². The minimum atomic E-state index is -1.00. The molecule has 0 spiro atoms. The Bertz CT molecular complexity index is 1440. The fourth-order valence-electron chi connectivity index (χ4n) is 4.52. The predicted molar refractivity (Wildman–Crippen MR) is 151 cm³/mol. The Hall–Kier alpha value is -4.98. The SMILES string of the molecule is COc1ccc(CNC(=O)[C@@H](c2ccc(OC)cc2)N(C(=O)[C@H]2COc3ccccc3O2)c2ccccc2)cc1. The van der Waals surface area contributed by atoms with Gasteiger partial charge in [0.1, 0.15) is 24.1 Å². The number of rotatable bonds is 9. The number of fused-ring (bicyclic) bond motifs is 1. The molecule has 1 N–H and O–H groups in total. The van der Waals surface area contributed by atoms with E-state index >= 15 is 0 Å². The number of anilines is 1. The molecular formula is C32H30N2O6. The minimum Gasteiger partial charge on any atom is -0.497 e. The highest BCUT2D eigenvalue weighted by molar-refractivity contribution is 6.03. The predicted octanol–water partition coefficient (Wildman–Crippen LogP) is 4.93. The number of para-hydroxylation sites is 3. The lowest BCUT2D eigenvalue weighted by atomic mass is 10.0. The van der Waals surface area contributed by atoms with Crippen molar-refractivity contribution in [2.24, 2.45) is 0 Å². The van der Waals surface area contributed by atoms with Crippen LogP contribution in [0.25, 0.3) is 0 Å². The molecule has 1 aliphatic rings. The molecule has 5 rings (SSSR count). The molecule has 1 aliphatic heterocycles. The molecule has 0 fully saturated rings. The van der Waals surface area contributed by atoms with Gasteiger partial charge in [-0.05, 0) is 59.7 Å². The van der Waals surface area contributed by atoms with Crippen LogP contribution >= 0.6 is 0 Å². The third-order valence-electron chi connectivity index (χ3n) is 6.62. The van der Waals surface area contributed by atoms with Crippen molar-refractivity contribution in [1.82, 2.24) is 5.32 Å². The first-order valence-corrected chi connectivity index (χ1v) is 12.9. The molecule has 0 aliphatic carbocycles. The monoisotopic (exact) mass is 538 g/mol. The molecule has 1 heterocycles. The molecule has 4 aromatic rings. The molecule has 0 saturated carbocycles. The van der Waals surface area contributed by atoms with Gasteiger partial charge in [0.05, 0.1) is 14.2 Å². The maximum Gasteiger partial charge on any atom is 0.272 e. The van der Waals surface area contributed by atoms with Gasteiger partial charge in [-0.3, -0.25) is 14.5 Å². The number of benzene rings is 4. The Labute approximate surface area is 233 Å². The highest BCUT2D eigenvalue weighted by atomic mass is 16.6. The summed E-state index contributed by atoms with van der Waals surface area (Å²) in [5.41, 5.74) is 2.05. The van der Waals surface area contributed by atoms with Crippen LogP contribution in [0, 0.1) is 0 Å². The number of amides is 2. The van der Waals surface area contributed by atoms with Crippen molar-refractivity contribution < 1.29 is 28.5 Å². The van der Waals surface area contributed by atoms with Crippen LogP contribution in [-0.4, -0.2) is 38.7 Å². The summed E-state index contributed by atoms with van der Waals surface area (Å²) in [5, 5.41) is 3.01. The summed E-state index contributed by atoms with van der Waals surface area (Å²) in [7, 11) is 3.18. The number of nitrogens with zero attached hydrogens (tertiary/aromatic N) is 1. The van der Waals surface area contributed by atoms with Crippen LogP contribution in [0.1, 0.15) is 17.2 Å². The summed E-state index contributed by atoms with van der Waals surface area (Å²) in [4.78, 5) is 29.6. The molecule has 8 heteroatoms. The molecule has 0 unspecified atom stereocenters. The second-order valence-electron chi connectivity index (χ2n) is 9.15. The summed E-state index contributed by atoms with van der Waals surface area (Å²) < 4.78 is 22.5. The van der Waals surface area contributed by atoms with Gasteiger partial charge in [0, 0.05) is 12.2 Å². The van der Waals surface area contributed by atoms with E-state index in [-0.39, 0.29) is 19.1 Å². The number of nitrogens with one attached hydrogen (secondary N) is 1. The van der Waals surface area contributed by atoms with E-state index in [0.29, 0.717) is 28.5 Å². The highest BCUT2D eigenvalue weighted by Crippen LogP contribution is 2.34. The van der Waals surface area contributed by atoms with Crippen LogP contribution in [0.2, 0.25) is 0 Å². The molecule has 2 amide bonds. The molecule has 40 heavy (non-hydrogen) atoms. The molecule has 0 aromatic heterocycles. The number of carbonyl (C=O) groups excluding carboxylic acids is 2. The van der Waals surface area contributed by atoms with Gasteiger partial charge >= 0.3 is 0 Å². The number of carbonyl (C=O) groups is 2. The minimum absolute atomic E-state index is 0.0159. The van der Waals surface area contributed by atoms with Crippen molar-refractivity contribution in [1.29, 1.82) is 0 Å². The molecule has 2 atom stereocenters. The quantitative estimate of drug-likeness (QED) is 0.325. The van der Waals surface area contributed by atoms with E-state index in [2.05, 4.69) is 5.32 Å². The second-order valence-corrected chi connectivity index (χ2v) is 9.15. The summed E-state index contributed by atoms with van der Waals surface area (Å²) in [5.74, 6) is 1.66. The fourth-order valence-corrected chi connectivity index (χ4v) is 4.52. The number of hydrogen-bond acceptors (Lipinski definition) is 6. The zero-order valence-corrected chi connectivity index (χ0v) is 22.3. The molecule has 0 radical (unpaired) electrons. The lowest BCUT2D eigenvalue weighted by Crippen LogP contribution is -2.51. The normalized spacial score (nSPS) is 14.5. The van der Waals surface area contributed by atoms with Crippen LogP contribution in [-0.2, 0) is 16.1 Å². The van der Waals surface area contributed by atoms with Crippen molar-refractivity contribution in [3.63, 3.8) is 0 Å². The largest absolute Gasteiger partial charge is 0.497 e. The summed E-state index contributed by atoms with van der Waals surface area (Å²) in [6, 6.07) is 29.8. The Morgan fingerprint density at radius 2 is 1.43 bits per heavy atom. The van der Waals surface area contributed by atoms with Crippen molar-refractivity contribution >= 4 is 17.5 Å².